The highest BCUT2D eigenvalue weighted by Crippen LogP contribution is 2.23. The number of anilines is 2. The minimum atomic E-state index is -0.962. The van der Waals surface area contributed by atoms with Crippen molar-refractivity contribution in [3.8, 4) is 6.07 Å². The lowest BCUT2D eigenvalue weighted by Gasteiger charge is -2.11. The average molecular weight is 266 g/mol. The zero-order chi connectivity index (χ0) is 14.7. The molecule has 0 heterocycles. The van der Waals surface area contributed by atoms with E-state index in [0.717, 1.165) is 5.56 Å². The monoisotopic (exact) mass is 266 g/mol. The van der Waals surface area contributed by atoms with Crippen molar-refractivity contribution in [1.82, 2.24) is 0 Å². The van der Waals surface area contributed by atoms with Crippen molar-refractivity contribution in [3.63, 3.8) is 0 Å². The number of carboxylic acid groups (broad SMARTS) is 1. The molecule has 2 rings (SSSR count). The summed E-state index contributed by atoms with van der Waals surface area (Å²) < 4.78 is 0. The Morgan fingerprint density at radius 1 is 1.20 bits per heavy atom. The van der Waals surface area contributed by atoms with E-state index in [1.807, 2.05) is 19.1 Å². The molecule has 0 saturated heterocycles. The summed E-state index contributed by atoms with van der Waals surface area (Å²) >= 11 is 0. The van der Waals surface area contributed by atoms with Gasteiger partial charge in [0.05, 0.1) is 16.8 Å². The van der Waals surface area contributed by atoms with Gasteiger partial charge in [0, 0.05) is 5.69 Å². The molecule has 0 bridgehead atoms. The molecule has 0 radical (unpaired) electrons. The van der Waals surface area contributed by atoms with Crippen LogP contribution in [0, 0.1) is 25.2 Å². The Kier molecular flexibility index (Phi) is 3.72. The molecule has 2 aromatic rings. The van der Waals surface area contributed by atoms with Gasteiger partial charge >= 0.3 is 5.97 Å². The third kappa shape index (κ3) is 2.78. The standard InChI is InChI=1S/C16H14N2O2/c1-10-3-5-12(9-17)15(7-10)18-13-6-4-11(2)14(8-13)16(19)20/h3-8,18H,1-2H3,(H,19,20). The number of carboxylic acids is 1. The molecule has 0 fully saturated rings. The molecule has 0 aliphatic carbocycles. The van der Waals surface area contributed by atoms with Gasteiger partial charge in [-0.3, -0.25) is 0 Å². The summed E-state index contributed by atoms with van der Waals surface area (Å²) in [5.41, 5.74) is 3.82. The number of hydrogen-bond donors (Lipinski definition) is 2. The van der Waals surface area contributed by atoms with E-state index in [2.05, 4.69) is 11.4 Å². The van der Waals surface area contributed by atoms with Crippen LogP contribution in [0.5, 0.6) is 0 Å². The average Bonchev–Trinajstić information content (AvgIpc) is 2.41. The molecule has 100 valence electrons. The van der Waals surface area contributed by atoms with Crippen LogP contribution in [-0.4, -0.2) is 11.1 Å². The summed E-state index contributed by atoms with van der Waals surface area (Å²) in [6.07, 6.45) is 0. The zero-order valence-electron chi connectivity index (χ0n) is 11.3. The SMILES string of the molecule is Cc1ccc(C#N)c(Nc2ccc(C)c(C(=O)O)c2)c1. The molecule has 2 N–H and O–H groups in total. The fourth-order valence-electron chi connectivity index (χ4n) is 1.94. The van der Waals surface area contributed by atoms with E-state index < -0.39 is 5.97 Å². The van der Waals surface area contributed by atoms with Gasteiger partial charge in [-0.1, -0.05) is 12.1 Å². The Morgan fingerprint density at radius 2 is 1.95 bits per heavy atom. The van der Waals surface area contributed by atoms with E-state index >= 15 is 0 Å². The first-order chi connectivity index (χ1) is 9.51. The number of rotatable bonds is 3. The largest absolute Gasteiger partial charge is 0.478 e. The number of nitrogens with zero attached hydrogens (tertiary/aromatic N) is 1. The van der Waals surface area contributed by atoms with Crippen LogP contribution in [0.4, 0.5) is 11.4 Å². The summed E-state index contributed by atoms with van der Waals surface area (Å²) in [6.45, 7) is 3.69. The van der Waals surface area contributed by atoms with Gasteiger partial charge in [0.2, 0.25) is 0 Å². The van der Waals surface area contributed by atoms with E-state index in [1.54, 1.807) is 31.2 Å². The Bertz CT molecular complexity index is 715. The zero-order valence-corrected chi connectivity index (χ0v) is 11.3. The number of aromatic carboxylic acids is 1. The van der Waals surface area contributed by atoms with Gasteiger partial charge in [-0.05, 0) is 49.2 Å². The highest BCUT2D eigenvalue weighted by atomic mass is 16.4. The predicted octanol–water partition coefficient (Wildman–Crippen LogP) is 3.62. The van der Waals surface area contributed by atoms with Gasteiger partial charge < -0.3 is 10.4 Å². The van der Waals surface area contributed by atoms with Crippen LogP contribution in [-0.2, 0) is 0 Å². The first kappa shape index (κ1) is 13.6. The number of benzene rings is 2. The number of hydrogen-bond acceptors (Lipinski definition) is 3. The fourth-order valence-corrected chi connectivity index (χ4v) is 1.94. The number of nitriles is 1. The van der Waals surface area contributed by atoms with E-state index in [-0.39, 0.29) is 5.56 Å². The molecule has 0 aliphatic rings. The second-order valence-corrected chi connectivity index (χ2v) is 4.62. The lowest BCUT2D eigenvalue weighted by Crippen LogP contribution is -2.02. The maximum absolute atomic E-state index is 11.1. The first-order valence-corrected chi connectivity index (χ1v) is 6.13. The second kappa shape index (κ2) is 5.45. The van der Waals surface area contributed by atoms with E-state index in [0.29, 0.717) is 22.5 Å². The number of nitrogens with one attached hydrogen (secondary N) is 1. The molecule has 0 spiro atoms. The molecule has 2 aromatic carbocycles. The van der Waals surface area contributed by atoms with Crippen molar-refractivity contribution >= 4 is 17.3 Å². The summed E-state index contributed by atoms with van der Waals surface area (Å²) in [5, 5.41) is 21.3. The van der Waals surface area contributed by atoms with Crippen molar-refractivity contribution in [1.29, 1.82) is 5.26 Å². The molecule has 0 aromatic heterocycles. The van der Waals surface area contributed by atoms with Crippen LogP contribution in [0.1, 0.15) is 27.0 Å². The summed E-state index contributed by atoms with van der Waals surface area (Å²) in [7, 11) is 0. The van der Waals surface area contributed by atoms with Crippen molar-refractivity contribution in [3.05, 3.63) is 58.7 Å². The Morgan fingerprint density at radius 3 is 2.60 bits per heavy atom. The fraction of sp³-hybridized carbons (Fsp3) is 0.125. The highest BCUT2D eigenvalue weighted by Gasteiger charge is 2.09. The Labute approximate surface area is 117 Å². The van der Waals surface area contributed by atoms with Crippen molar-refractivity contribution in [2.45, 2.75) is 13.8 Å². The molecular formula is C16H14N2O2. The third-order valence-electron chi connectivity index (χ3n) is 3.04. The number of carbonyl (C=O) groups is 1. The van der Waals surface area contributed by atoms with Gasteiger partial charge in [0.15, 0.2) is 0 Å². The summed E-state index contributed by atoms with van der Waals surface area (Å²) in [6, 6.07) is 12.7. The Hall–Kier alpha value is -2.80. The quantitative estimate of drug-likeness (QED) is 0.889. The number of aryl methyl sites for hydroxylation is 2. The van der Waals surface area contributed by atoms with E-state index in [1.165, 1.54) is 0 Å². The van der Waals surface area contributed by atoms with Crippen molar-refractivity contribution in [2.75, 3.05) is 5.32 Å². The topological polar surface area (TPSA) is 73.1 Å². The molecule has 4 nitrogen and oxygen atoms in total. The smallest absolute Gasteiger partial charge is 0.336 e. The normalized spacial score (nSPS) is 9.85. The van der Waals surface area contributed by atoms with Gasteiger partial charge in [-0.25, -0.2) is 4.79 Å². The van der Waals surface area contributed by atoms with Crippen LogP contribution < -0.4 is 5.32 Å². The van der Waals surface area contributed by atoms with Crippen LogP contribution >= 0.6 is 0 Å². The van der Waals surface area contributed by atoms with Crippen LogP contribution in [0.15, 0.2) is 36.4 Å². The van der Waals surface area contributed by atoms with Crippen LogP contribution in [0.2, 0.25) is 0 Å². The van der Waals surface area contributed by atoms with Gasteiger partial charge in [0.1, 0.15) is 6.07 Å². The van der Waals surface area contributed by atoms with Gasteiger partial charge in [0.25, 0.3) is 0 Å². The van der Waals surface area contributed by atoms with Crippen molar-refractivity contribution < 1.29 is 9.90 Å². The first-order valence-electron chi connectivity index (χ1n) is 6.13. The van der Waals surface area contributed by atoms with E-state index in [4.69, 9.17) is 10.4 Å². The van der Waals surface area contributed by atoms with Gasteiger partial charge in [-0.2, -0.15) is 5.26 Å². The lowest BCUT2D eigenvalue weighted by molar-refractivity contribution is 0.0696. The molecule has 20 heavy (non-hydrogen) atoms. The molecule has 0 saturated carbocycles. The molecule has 0 amide bonds. The van der Waals surface area contributed by atoms with E-state index in [9.17, 15) is 4.79 Å². The van der Waals surface area contributed by atoms with Crippen LogP contribution in [0.25, 0.3) is 0 Å². The summed E-state index contributed by atoms with van der Waals surface area (Å²) in [4.78, 5) is 11.1. The molecule has 4 heteroatoms. The van der Waals surface area contributed by atoms with Crippen LogP contribution in [0.3, 0.4) is 0 Å². The van der Waals surface area contributed by atoms with Crippen molar-refractivity contribution in [2.24, 2.45) is 0 Å². The third-order valence-corrected chi connectivity index (χ3v) is 3.04. The highest BCUT2D eigenvalue weighted by molar-refractivity contribution is 5.91. The molecule has 0 atom stereocenters. The maximum atomic E-state index is 11.1. The lowest BCUT2D eigenvalue weighted by atomic mass is 10.1. The molecule has 0 aliphatic heterocycles. The Balaban J connectivity index is 2.40. The minimum absolute atomic E-state index is 0.251. The molecular weight excluding hydrogens is 252 g/mol. The van der Waals surface area contributed by atoms with Gasteiger partial charge in [-0.15, -0.1) is 0 Å². The predicted molar refractivity (Wildman–Crippen MR) is 77.3 cm³/mol. The molecule has 0 unspecified atom stereocenters. The summed E-state index contributed by atoms with van der Waals surface area (Å²) in [5.74, 6) is -0.962. The minimum Gasteiger partial charge on any atom is -0.478 e. The second-order valence-electron chi connectivity index (χ2n) is 4.62. The maximum Gasteiger partial charge on any atom is 0.336 e.